The van der Waals surface area contributed by atoms with Crippen LogP contribution in [-0.2, 0) is 16.1 Å². The van der Waals surface area contributed by atoms with Crippen LogP contribution in [0, 0.1) is 0 Å². The third-order valence-corrected chi connectivity index (χ3v) is 5.96. The van der Waals surface area contributed by atoms with Crippen LogP contribution in [0.25, 0.3) is 20.7 Å². The highest BCUT2D eigenvalue weighted by Gasteiger charge is 2.31. The molecular formula is C20H20N2O4S. The van der Waals surface area contributed by atoms with Gasteiger partial charge < -0.3 is 9.47 Å². The van der Waals surface area contributed by atoms with E-state index in [2.05, 4.69) is 4.98 Å². The summed E-state index contributed by atoms with van der Waals surface area (Å²) in [4.78, 5) is 31.0. The Bertz CT molecular complexity index is 1050. The summed E-state index contributed by atoms with van der Waals surface area (Å²) in [6.45, 7) is 2.69. The molecule has 1 aromatic carbocycles. The topological polar surface area (TPSA) is 70.4 Å². The van der Waals surface area contributed by atoms with Crippen molar-refractivity contribution in [3.05, 3.63) is 46.5 Å². The first kappa shape index (κ1) is 17.7. The van der Waals surface area contributed by atoms with Gasteiger partial charge in [0.1, 0.15) is 22.2 Å². The molecule has 0 radical (unpaired) electrons. The van der Waals surface area contributed by atoms with Crippen LogP contribution >= 0.6 is 11.3 Å². The summed E-state index contributed by atoms with van der Waals surface area (Å²) >= 11 is 1.43. The molecule has 3 heterocycles. The third-order valence-electron chi connectivity index (χ3n) is 4.80. The molecule has 140 valence electrons. The van der Waals surface area contributed by atoms with E-state index in [4.69, 9.17) is 9.47 Å². The van der Waals surface area contributed by atoms with Crippen molar-refractivity contribution in [2.75, 3.05) is 13.7 Å². The molecule has 3 aromatic rings. The molecule has 1 atom stereocenters. The largest absolute Gasteiger partial charge is 0.497 e. The second-order valence-corrected chi connectivity index (χ2v) is 7.48. The zero-order valence-corrected chi connectivity index (χ0v) is 16.0. The van der Waals surface area contributed by atoms with Crippen LogP contribution in [0.4, 0.5) is 0 Å². The third kappa shape index (κ3) is 3.12. The molecule has 6 nitrogen and oxygen atoms in total. The number of carbonyl (C=O) groups excluding carboxylic acids is 1. The minimum Gasteiger partial charge on any atom is -0.497 e. The molecule has 0 fully saturated rings. The number of thiophene rings is 1. The number of aromatic nitrogens is 2. The van der Waals surface area contributed by atoms with Gasteiger partial charge in [-0.2, -0.15) is 0 Å². The average Bonchev–Trinajstić information content (AvgIpc) is 3.12. The van der Waals surface area contributed by atoms with Crippen LogP contribution < -0.4 is 10.3 Å². The fourth-order valence-electron chi connectivity index (χ4n) is 3.46. The van der Waals surface area contributed by atoms with E-state index >= 15 is 0 Å². The number of hydrogen-bond donors (Lipinski definition) is 0. The van der Waals surface area contributed by atoms with Gasteiger partial charge in [-0.05, 0) is 55.7 Å². The lowest BCUT2D eigenvalue weighted by atomic mass is 9.98. The van der Waals surface area contributed by atoms with Gasteiger partial charge in [0, 0.05) is 11.4 Å². The molecule has 1 unspecified atom stereocenters. The van der Waals surface area contributed by atoms with Crippen molar-refractivity contribution >= 4 is 27.5 Å². The van der Waals surface area contributed by atoms with Crippen molar-refractivity contribution in [2.24, 2.45) is 0 Å². The molecule has 27 heavy (non-hydrogen) atoms. The molecule has 1 aliphatic heterocycles. The van der Waals surface area contributed by atoms with Gasteiger partial charge in [-0.1, -0.05) is 0 Å². The molecule has 2 aromatic heterocycles. The molecular weight excluding hydrogens is 364 g/mol. The predicted molar refractivity (Wildman–Crippen MR) is 104 cm³/mol. The van der Waals surface area contributed by atoms with Gasteiger partial charge in [0.2, 0.25) is 0 Å². The number of nitrogens with zero attached hydrogens (tertiary/aromatic N) is 2. The van der Waals surface area contributed by atoms with Gasteiger partial charge in [0.25, 0.3) is 5.56 Å². The van der Waals surface area contributed by atoms with E-state index in [1.807, 2.05) is 30.3 Å². The Morgan fingerprint density at radius 2 is 2.11 bits per heavy atom. The summed E-state index contributed by atoms with van der Waals surface area (Å²) in [5.74, 6) is 0.532. The van der Waals surface area contributed by atoms with Crippen LogP contribution in [0.15, 0.2) is 35.1 Å². The van der Waals surface area contributed by atoms with E-state index < -0.39 is 5.92 Å². The summed E-state index contributed by atoms with van der Waals surface area (Å²) in [6, 6.07) is 9.62. The molecule has 0 spiro atoms. The van der Waals surface area contributed by atoms with Crippen LogP contribution in [0.1, 0.15) is 31.5 Å². The minimum absolute atomic E-state index is 0.0752. The summed E-state index contributed by atoms with van der Waals surface area (Å²) in [5.41, 5.74) is 1.56. The molecule has 0 N–H and O–H groups in total. The number of benzene rings is 1. The van der Waals surface area contributed by atoms with Crippen molar-refractivity contribution in [3.8, 4) is 16.2 Å². The molecule has 0 bridgehead atoms. The van der Waals surface area contributed by atoms with Crippen molar-refractivity contribution in [2.45, 2.75) is 32.2 Å². The Balaban J connectivity index is 1.81. The average molecular weight is 384 g/mol. The second-order valence-electron chi connectivity index (χ2n) is 6.43. The smallest absolute Gasteiger partial charge is 0.316 e. The quantitative estimate of drug-likeness (QED) is 0.643. The normalized spacial score (nSPS) is 16.1. The Hall–Kier alpha value is -2.67. The number of fused-ring (bicyclic) bond motifs is 2. The highest BCUT2D eigenvalue weighted by Crippen LogP contribution is 2.34. The maximum Gasteiger partial charge on any atom is 0.316 e. The number of methoxy groups -OCH3 is 1. The minimum atomic E-state index is -0.472. The number of carbonyl (C=O) groups is 1. The van der Waals surface area contributed by atoms with Crippen molar-refractivity contribution < 1.29 is 14.3 Å². The van der Waals surface area contributed by atoms with E-state index in [1.165, 1.54) is 11.3 Å². The van der Waals surface area contributed by atoms with Crippen LogP contribution in [0.3, 0.4) is 0 Å². The van der Waals surface area contributed by atoms with Crippen LogP contribution in [0.2, 0.25) is 0 Å². The Kier molecular flexibility index (Phi) is 4.70. The van der Waals surface area contributed by atoms with E-state index in [0.29, 0.717) is 35.6 Å². The van der Waals surface area contributed by atoms with Crippen molar-refractivity contribution in [1.29, 1.82) is 0 Å². The lowest BCUT2D eigenvalue weighted by Gasteiger charge is -2.24. The summed E-state index contributed by atoms with van der Waals surface area (Å²) in [7, 11) is 1.63. The SMILES string of the molecule is CCOC(=O)C1CCCn2c1nc1cc(-c3ccc(OC)cc3)sc1c2=O. The molecule has 0 saturated carbocycles. The number of ether oxygens (including phenoxy) is 2. The van der Waals surface area contributed by atoms with Gasteiger partial charge in [-0.15, -0.1) is 11.3 Å². The maximum absolute atomic E-state index is 13.0. The first-order chi connectivity index (χ1) is 13.1. The number of esters is 1. The fraction of sp³-hybridized carbons (Fsp3) is 0.350. The zero-order valence-electron chi connectivity index (χ0n) is 15.2. The summed E-state index contributed by atoms with van der Waals surface area (Å²) in [5, 5.41) is 0. The molecule has 4 rings (SSSR count). The molecule has 0 amide bonds. The predicted octanol–water partition coefficient (Wildman–Crippen LogP) is 3.57. The van der Waals surface area contributed by atoms with Crippen molar-refractivity contribution in [3.63, 3.8) is 0 Å². The first-order valence-electron chi connectivity index (χ1n) is 8.97. The fourth-order valence-corrected chi connectivity index (χ4v) is 4.51. The number of hydrogen-bond acceptors (Lipinski definition) is 6. The van der Waals surface area contributed by atoms with Crippen LogP contribution in [-0.4, -0.2) is 29.2 Å². The zero-order chi connectivity index (χ0) is 19.0. The van der Waals surface area contributed by atoms with Gasteiger partial charge in [0.15, 0.2) is 0 Å². The van der Waals surface area contributed by atoms with Gasteiger partial charge in [-0.3, -0.25) is 14.2 Å². The number of rotatable bonds is 4. The van der Waals surface area contributed by atoms with Gasteiger partial charge in [0.05, 0.1) is 19.2 Å². The lowest BCUT2D eigenvalue weighted by molar-refractivity contribution is -0.145. The van der Waals surface area contributed by atoms with Gasteiger partial charge in [-0.25, -0.2) is 4.98 Å². The van der Waals surface area contributed by atoms with Crippen LogP contribution in [0.5, 0.6) is 5.75 Å². The molecule has 0 saturated heterocycles. The van der Waals surface area contributed by atoms with E-state index in [9.17, 15) is 9.59 Å². The van der Waals surface area contributed by atoms with E-state index in [1.54, 1.807) is 18.6 Å². The van der Waals surface area contributed by atoms with E-state index in [-0.39, 0.29) is 11.5 Å². The molecule has 0 aliphatic carbocycles. The lowest BCUT2D eigenvalue weighted by Crippen LogP contribution is -2.33. The monoisotopic (exact) mass is 384 g/mol. The first-order valence-corrected chi connectivity index (χ1v) is 9.79. The molecule has 7 heteroatoms. The molecule has 1 aliphatic rings. The highest BCUT2D eigenvalue weighted by molar-refractivity contribution is 7.22. The van der Waals surface area contributed by atoms with Gasteiger partial charge >= 0.3 is 5.97 Å². The highest BCUT2D eigenvalue weighted by atomic mass is 32.1. The Morgan fingerprint density at radius 1 is 1.33 bits per heavy atom. The standard InChI is InChI=1S/C20H20N2O4S/c1-3-26-20(24)14-5-4-10-22-18(14)21-15-11-16(27-17(15)19(22)23)12-6-8-13(25-2)9-7-12/h6-9,11,14H,3-5,10H2,1-2H3. The second kappa shape index (κ2) is 7.15. The summed E-state index contributed by atoms with van der Waals surface area (Å²) in [6.07, 6.45) is 1.42. The van der Waals surface area contributed by atoms with Crippen molar-refractivity contribution in [1.82, 2.24) is 9.55 Å². The maximum atomic E-state index is 13.0. The summed E-state index contributed by atoms with van der Waals surface area (Å²) < 4.78 is 12.6. The Morgan fingerprint density at radius 3 is 2.81 bits per heavy atom. The van der Waals surface area contributed by atoms with E-state index in [0.717, 1.165) is 22.6 Å². The Labute approximate surface area is 160 Å².